The van der Waals surface area contributed by atoms with Crippen LogP contribution in [-0.4, -0.2) is 39.7 Å². The fourth-order valence-electron chi connectivity index (χ4n) is 2.83. The Bertz CT molecular complexity index is 699. The van der Waals surface area contributed by atoms with Crippen LogP contribution in [0, 0.1) is 0 Å². The van der Waals surface area contributed by atoms with E-state index in [9.17, 15) is 4.79 Å². The number of H-pyrrole nitrogens is 1. The van der Waals surface area contributed by atoms with E-state index in [4.69, 9.17) is 5.11 Å². The SMILES string of the molecule is O=c1[nH]c(NCCCO)nc2c1CN(Cc1ccccc1)CC2. The Hall–Kier alpha value is -2.18. The second-order valence-electron chi connectivity index (χ2n) is 5.79. The molecule has 3 rings (SSSR count). The van der Waals surface area contributed by atoms with E-state index in [2.05, 4.69) is 32.3 Å². The molecule has 3 N–H and O–H groups in total. The Balaban J connectivity index is 1.70. The van der Waals surface area contributed by atoms with Crippen LogP contribution in [0.3, 0.4) is 0 Å². The fourth-order valence-corrected chi connectivity index (χ4v) is 2.83. The Morgan fingerprint density at radius 1 is 1.30 bits per heavy atom. The predicted molar refractivity (Wildman–Crippen MR) is 89.3 cm³/mol. The van der Waals surface area contributed by atoms with Gasteiger partial charge >= 0.3 is 0 Å². The minimum absolute atomic E-state index is 0.0701. The summed E-state index contributed by atoms with van der Waals surface area (Å²) in [5, 5.41) is 11.9. The Labute approximate surface area is 135 Å². The molecule has 0 unspecified atom stereocenters. The Morgan fingerprint density at radius 3 is 2.91 bits per heavy atom. The van der Waals surface area contributed by atoms with Gasteiger partial charge in [0.2, 0.25) is 5.95 Å². The van der Waals surface area contributed by atoms with Crippen LogP contribution in [0.2, 0.25) is 0 Å². The van der Waals surface area contributed by atoms with E-state index < -0.39 is 0 Å². The molecule has 0 aliphatic carbocycles. The molecule has 0 atom stereocenters. The molecule has 6 heteroatoms. The second-order valence-corrected chi connectivity index (χ2v) is 5.79. The number of rotatable bonds is 6. The number of fused-ring (bicyclic) bond motifs is 1. The summed E-state index contributed by atoms with van der Waals surface area (Å²) < 4.78 is 0. The van der Waals surface area contributed by atoms with E-state index in [0.29, 0.717) is 25.5 Å². The van der Waals surface area contributed by atoms with E-state index in [1.807, 2.05) is 18.2 Å². The number of anilines is 1. The Kier molecular flexibility index (Phi) is 5.05. The van der Waals surface area contributed by atoms with E-state index >= 15 is 0 Å². The predicted octanol–water partition coefficient (Wildman–Crippen LogP) is 1.12. The van der Waals surface area contributed by atoms with E-state index in [-0.39, 0.29) is 12.2 Å². The highest BCUT2D eigenvalue weighted by Gasteiger charge is 2.21. The summed E-state index contributed by atoms with van der Waals surface area (Å²) in [6.07, 6.45) is 1.41. The molecule has 1 aliphatic rings. The van der Waals surface area contributed by atoms with Crippen molar-refractivity contribution in [3.63, 3.8) is 0 Å². The van der Waals surface area contributed by atoms with Gasteiger partial charge in [0.05, 0.1) is 11.3 Å². The molecule has 1 aromatic carbocycles. The molecule has 23 heavy (non-hydrogen) atoms. The van der Waals surface area contributed by atoms with Crippen LogP contribution >= 0.6 is 0 Å². The molecule has 6 nitrogen and oxygen atoms in total. The highest BCUT2D eigenvalue weighted by Crippen LogP contribution is 2.17. The summed E-state index contributed by atoms with van der Waals surface area (Å²) in [5.74, 6) is 0.499. The molecular weight excluding hydrogens is 292 g/mol. The molecule has 0 bridgehead atoms. The number of hydrogen-bond acceptors (Lipinski definition) is 5. The topological polar surface area (TPSA) is 81.2 Å². The highest BCUT2D eigenvalue weighted by molar-refractivity contribution is 5.31. The molecule has 0 radical (unpaired) electrons. The third-order valence-electron chi connectivity index (χ3n) is 4.02. The van der Waals surface area contributed by atoms with Crippen molar-refractivity contribution in [2.75, 3.05) is 25.0 Å². The van der Waals surface area contributed by atoms with Gasteiger partial charge in [0.1, 0.15) is 0 Å². The molecule has 0 saturated heterocycles. The van der Waals surface area contributed by atoms with Crippen molar-refractivity contribution >= 4 is 5.95 Å². The third-order valence-corrected chi connectivity index (χ3v) is 4.02. The van der Waals surface area contributed by atoms with E-state index in [1.54, 1.807) is 0 Å². The van der Waals surface area contributed by atoms with Gasteiger partial charge in [0, 0.05) is 39.2 Å². The average molecular weight is 314 g/mol. The van der Waals surface area contributed by atoms with Crippen molar-refractivity contribution in [2.45, 2.75) is 25.9 Å². The number of aliphatic hydroxyl groups is 1. The monoisotopic (exact) mass is 314 g/mol. The summed E-state index contributed by atoms with van der Waals surface area (Å²) >= 11 is 0. The minimum atomic E-state index is -0.0701. The van der Waals surface area contributed by atoms with E-state index in [0.717, 1.165) is 30.8 Å². The van der Waals surface area contributed by atoms with Crippen molar-refractivity contribution < 1.29 is 5.11 Å². The number of benzene rings is 1. The molecule has 1 aliphatic heterocycles. The van der Waals surface area contributed by atoms with Crippen LogP contribution in [0.15, 0.2) is 35.1 Å². The Morgan fingerprint density at radius 2 is 2.13 bits per heavy atom. The molecule has 2 aromatic rings. The maximum absolute atomic E-state index is 12.3. The van der Waals surface area contributed by atoms with Gasteiger partial charge in [-0.25, -0.2) is 4.98 Å². The standard InChI is InChI=1S/C17H22N4O2/c22-10-4-8-18-17-19-15-7-9-21(12-14(15)16(23)20-17)11-13-5-2-1-3-6-13/h1-3,5-6,22H,4,7-12H2,(H2,18,19,20,23). The average Bonchev–Trinajstić information content (AvgIpc) is 2.57. The molecule has 0 amide bonds. The van der Waals surface area contributed by atoms with Crippen LogP contribution in [0.4, 0.5) is 5.95 Å². The van der Waals surface area contributed by atoms with Crippen molar-refractivity contribution in [2.24, 2.45) is 0 Å². The zero-order valence-electron chi connectivity index (χ0n) is 13.1. The van der Waals surface area contributed by atoms with Crippen molar-refractivity contribution in [1.82, 2.24) is 14.9 Å². The van der Waals surface area contributed by atoms with Gasteiger partial charge in [-0.2, -0.15) is 0 Å². The summed E-state index contributed by atoms with van der Waals surface area (Å²) in [4.78, 5) is 21.9. The number of aromatic amines is 1. The van der Waals surface area contributed by atoms with Gasteiger partial charge in [-0.1, -0.05) is 30.3 Å². The normalized spacial score (nSPS) is 14.5. The number of hydrogen-bond donors (Lipinski definition) is 3. The summed E-state index contributed by atoms with van der Waals surface area (Å²) in [6.45, 7) is 3.09. The van der Waals surface area contributed by atoms with Crippen LogP contribution in [-0.2, 0) is 19.5 Å². The minimum Gasteiger partial charge on any atom is -0.396 e. The first-order valence-electron chi connectivity index (χ1n) is 7.99. The zero-order valence-corrected chi connectivity index (χ0v) is 13.1. The highest BCUT2D eigenvalue weighted by atomic mass is 16.3. The molecule has 122 valence electrons. The van der Waals surface area contributed by atoms with Crippen molar-refractivity contribution in [3.05, 3.63) is 57.5 Å². The maximum Gasteiger partial charge on any atom is 0.257 e. The summed E-state index contributed by atoms with van der Waals surface area (Å²) in [7, 11) is 0. The molecular formula is C17H22N4O2. The number of nitrogens with one attached hydrogen (secondary N) is 2. The fraction of sp³-hybridized carbons (Fsp3) is 0.412. The summed E-state index contributed by atoms with van der Waals surface area (Å²) in [6, 6.07) is 10.3. The first kappa shape index (κ1) is 15.7. The first-order valence-corrected chi connectivity index (χ1v) is 7.99. The second kappa shape index (κ2) is 7.39. The van der Waals surface area contributed by atoms with Gasteiger partial charge in [-0.05, 0) is 12.0 Å². The lowest BCUT2D eigenvalue weighted by atomic mass is 10.1. The maximum atomic E-state index is 12.3. The lowest BCUT2D eigenvalue weighted by Gasteiger charge is -2.27. The number of aromatic nitrogens is 2. The van der Waals surface area contributed by atoms with E-state index in [1.165, 1.54) is 5.56 Å². The third kappa shape index (κ3) is 3.97. The lowest BCUT2D eigenvalue weighted by molar-refractivity contribution is 0.242. The zero-order chi connectivity index (χ0) is 16.1. The van der Waals surface area contributed by atoms with Crippen molar-refractivity contribution in [3.8, 4) is 0 Å². The molecule has 0 fully saturated rings. The largest absolute Gasteiger partial charge is 0.396 e. The summed E-state index contributed by atoms with van der Waals surface area (Å²) in [5.41, 5.74) is 2.83. The van der Waals surface area contributed by atoms with Crippen LogP contribution in [0.5, 0.6) is 0 Å². The van der Waals surface area contributed by atoms with Gasteiger partial charge < -0.3 is 10.4 Å². The quantitative estimate of drug-likeness (QED) is 0.696. The molecule has 0 spiro atoms. The molecule has 0 saturated carbocycles. The molecule has 1 aromatic heterocycles. The number of nitrogens with zero attached hydrogens (tertiary/aromatic N) is 2. The van der Waals surface area contributed by atoms with Gasteiger partial charge in [0.15, 0.2) is 0 Å². The van der Waals surface area contributed by atoms with Crippen LogP contribution in [0.25, 0.3) is 0 Å². The van der Waals surface area contributed by atoms with Crippen LogP contribution < -0.4 is 10.9 Å². The van der Waals surface area contributed by atoms with Gasteiger partial charge in [-0.15, -0.1) is 0 Å². The van der Waals surface area contributed by atoms with Gasteiger partial charge in [-0.3, -0.25) is 14.7 Å². The smallest absolute Gasteiger partial charge is 0.257 e. The van der Waals surface area contributed by atoms with Gasteiger partial charge in [0.25, 0.3) is 5.56 Å². The first-order chi connectivity index (χ1) is 11.3. The molecule has 2 heterocycles. The van der Waals surface area contributed by atoms with Crippen LogP contribution in [0.1, 0.15) is 23.2 Å². The van der Waals surface area contributed by atoms with Crippen molar-refractivity contribution in [1.29, 1.82) is 0 Å². The lowest BCUT2D eigenvalue weighted by Crippen LogP contribution is -2.35. The number of aliphatic hydroxyl groups excluding tert-OH is 1.